The van der Waals surface area contributed by atoms with Gasteiger partial charge in [0.1, 0.15) is 0 Å². The standard InChI is InChI=1S/C23H27NO3/c1-23(2,3)24-22(26)27-16-15-21(25)20-14-8-13-19(17-20)12-7-11-18-9-5-4-6-10-18/h4-6,8-10,13-14,17,21,25H,11,15-16H2,1-3H3,(H,24,26). The lowest BCUT2D eigenvalue weighted by Gasteiger charge is -2.20. The molecule has 0 aliphatic rings. The highest BCUT2D eigenvalue weighted by Crippen LogP contribution is 2.18. The van der Waals surface area contributed by atoms with Crippen LogP contribution in [0.1, 0.15) is 50.0 Å². The summed E-state index contributed by atoms with van der Waals surface area (Å²) in [5.74, 6) is 6.29. The van der Waals surface area contributed by atoms with Crippen molar-refractivity contribution in [2.24, 2.45) is 0 Å². The second kappa shape index (κ2) is 9.80. The first-order valence-electron chi connectivity index (χ1n) is 9.09. The van der Waals surface area contributed by atoms with E-state index < -0.39 is 12.2 Å². The van der Waals surface area contributed by atoms with Gasteiger partial charge in [0.15, 0.2) is 0 Å². The monoisotopic (exact) mass is 365 g/mol. The molecule has 4 heteroatoms. The van der Waals surface area contributed by atoms with Crippen LogP contribution in [0.5, 0.6) is 0 Å². The Labute approximate surface area is 161 Å². The molecule has 2 aromatic rings. The molecule has 0 heterocycles. The average molecular weight is 365 g/mol. The molecular formula is C23H27NO3. The van der Waals surface area contributed by atoms with Crippen LogP contribution in [0.15, 0.2) is 54.6 Å². The number of alkyl carbamates (subject to hydrolysis) is 1. The van der Waals surface area contributed by atoms with Crippen molar-refractivity contribution in [1.82, 2.24) is 5.32 Å². The summed E-state index contributed by atoms with van der Waals surface area (Å²) in [5.41, 5.74) is 2.45. The fourth-order valence-electron chi connectivity index (χ4n) is 2.44. The molecule has 0 saturated heterocycles. The van der Waals surface area contributed by atoms with Gasteiger partial charge in [-0.05, 0) is 44.0 Å². The van der Waals surface area contributed by atoms with Gasteiger partial charge in [-0.1, -0.05) is 54.3 Å². The molecular weight excluding hydrogens is 338 g/mol. The van der Waals surface area contributed by atoms with Crippen molar-refractivity contribution in [3.8, 4) is 11.8 Å². The van der Waals surface area contributed by atoms with Crippen LogP contribution in [0.25, 0.3) is 0 Å². The summed E-state index contributed by atoms with van der Waals surface area (Å²) in [6, 6.07) is 17.6. The van der Waals surface area contributed by atoms with E-state index in [0.29, 0.717) is 12.8 Å². The molecule has 27 heavy (non-hydrogen) atoms. The summed E-state index contributed by atoms with van der Waals surface area (Å²) >= 11 is 0. The van der Waals surface area contributed by atoms with Crippen molar-refractivity contribution >= 4 is 6.09 Å². The molecule has 0 spiro atoms. The molecule has 0 saturated carbocycles. The summed E-state index contributed by atoms with van der Waals surface area (Å²) < 4.78 is 5.12. The number of hydrogen-bond donors (Lipinski definition) is 2. The minimum atomic E-state index is -0.705. The molecule has 0 bridgehead atoms. The molecule has 4 nitrogen and oxygen atoms in total. The van der Waals surface area contributed by atoms with Crippen molar-refractivity contribution in [2.45, 2.75) is 45.3 Å². The molecule has 0 aliphatic heterocycles. The van der Waals surface area contributed by atoms with Crippen LogP contribution in [0.4, 0.5) is 4.79 Å². The molecule has 0 fully saturated rings. The highest BCUT2D eigenvalue weighted by Gasteiger charge is 2.15. The smallest absolute Gasteiger partial charge is 0.407 e. The van der Waals surface area contributed by atoms with Gasteiger partial charge in [0.25, 0.3) is 0 Å². The zero-order chi connectivity index (χ0) is 19.7. The third-order valence-electron chi connectivity index (χ3n) is 3.74. The van der Waals surface area contributed by atoms with Crippen molar-refractivity contribution < 1.29 is 14.6 Å². The average Bonchev–Trinajstić information content (AvgIpc) is 2.61. The Balaban J connectivity index is 1.86. The number of amides is 1. The predicted molar refractivity (Wildman–Crippen MR) is 107 cm³/mol. The Bertz CT molecular complexity index is 798. The maximum absolute atomic E-state index is 11.6. The van der Waals surface area contributed by atoms with Crippen LogP contribution < -0.4 is 5.32 Å². The van der Waals surface area contributed by atoms with E-state index in [2.05, 4.69) is 17.2 Å². The molecule has 2 rings (SSSR count). The van der Waals surface area contributed by atoms with E-state index in [1.165, 1.54) is 5.56 Å². The number of carbonyl (C=O) groups excluding carboxylic acids is 1. The summed E-state index contributed by atoms with van der Waals surface area (Å²) in [7, 11) is 0. The van der Waals surface area contributed by atoms with Gasteiger partial charge in [-0.15, -0.1) is 0 Å². The topological polar surface area (TPSA) is 58.6 Å². The Hall–Kier alpha value is -2.77. The Morgan fingerprint density at radius 3 is 2.59 bits per heavy atom. The van der Waals surface area contributed by atoms with Gasteiger partial charge in [0, 0.05) is 23.9 Å². The van der Waals surface area contributed by atoms with Crippen LogP contribution >= 0.6 is 0 Å². The molecule has 1 unspecified atom stereocenters. The van der Waals surface area contributed by atoms with Gasteiger partial charge in [-0.25, -0.2) is 4.79 Å². The minimum absolute atomic E-state index is 0.146. The second-order valence-corrected chi connectivity index (χ2v) is 7.41. The molecule has 0 aliphatic carbocycles. The first kappa shape index (κ1) is 20.5. The molecule has 0 radical (unpaired) electrons. The van der Waals surface area contributed by atoms with E-state index in [1.54, 1.807) is 0 Å². The van der Waals surface area contributed by atoms with Crippen LogP contribution in [0, 0.1) is 11.8 Å². The Morgan fingerprint density at radius 1 is 1.15 bits per heavy atom. The maximum atomic E-state index is 11.6. The van der Waals surface area contributed by atoms with E-state index in [0.717, 1.165) is 11.1 Å². The van der Waals surface area contributed by atoms with E-state index in [1.807, 2.05) is 75.4 Å². The highest BCUT2D eigenvalue weighted by molar-refractivity contribution is 5.68. The summed E-state index contributed by atoms with van der Waals surface area (Å²) in [4.78, 5) is 11.6. The third-order valence-corrected chi connectivity index (χ3v) is 3.74. The lowest BCUT2D eigenvalue weighted by Crippen LogP contribution is -2.41. The third kappa shape index (κ3) is 7.98. The number of rotatable bonds is 5. The van der Waals surface area contributed by atoms with Gasteiger partial charge in [-0.3, -0.25) is 0 Å². The van der Waals surface area contributed by atoms with Crippen LogP contribution in [-0.4, -0.2) is 23.3 Å². The number of nitrogens with one attached hydrogen (secondary N) is 1. The van der Waals surface area contributed by atoms with Crippen LogP contribution in [0.3, 0.4) is 0 Å². The van der Waals surface area contributed by atoms with E-state index in [4.69, 9.17) is 4.74 Å². The number of hydrogen-bond acceptors (Lipinski definition) is 3. The SMILES string of the molecule is CC(C)(C)NC(=O)OCCC(O)c1cccc(C#CCc2ccccc2)c1. The molecule has 1 amide bonds. The van der Waals surface area contributed by atoms with E-state index in [-0.39, 0.29) is 12.1 Å². The van der Waals surface area contributed by atoms with Crippen molar-refractivity contribution in [2.75, 3.05) is 6.61 Å². The zero-order valence-electron chi connectivity index (χ0n) is 16.2. The first-order chi connectivity index (χ1) is 12.8. The van der Waals surface area contributed by atoms with Crippen molar-refractivity contribution in [3.63, 3.8) is 0 Å². The Morgan fingerprint density at radius 2 is 1.89 bits per heavy atom. The van der Waals surface area contributed by atoms with Gasteiger partial charge in [0.05, 0.1) is 12.7 Å². The van der Waals surface area contributed by atoms with Crippen molar-refractivity contribution in [3.05, 3.63) is 71.3 Å². The van der Waals surface area contributed by atoms with Gasteiger partial charge >= 0.3 is 6.09 Å². The number of carbonyl (C=O) groups is 1. The largest absolute Gasteiger partial charge is 0.449 e. The fourth-order valence-corrected chi connectivity index (χ4v) is 2.44. The molecule has 142 valence electrons. The molecule has 2 N–H and O–H groups in total. The highest BCUT2D eigenvalue weighted by atomic mass is 16.5. The molecule has 1 atom stereocenters. The minimum Gasteiger partial charge on any atom is -0.449 e. The number of ether oxygens (including phenoxy) is 1. The van der Waals surface area contributed by atoms with Crippen LogP contribution in [0.2, 0.25) is 0 Å². The van der Waals surface area contributed by atoms with Gasteiger partial charge in [0.2, 0.25) is 0 Å². The lowest BCUT2D eigenvalue weighted by molar-refractivity contribution is 0.101. The first-order valence-corrected chi connectivity index (χ1v) is 9.09. The zero-order valence-corrected chi connectivity index (χ0v) is 16.2. The summed E-state index contributed by atoms with van der Waals surface area (Å²) in [6.45, 7) is 5.79. The normalized spacial score (nSPS) is 11.9. The van der Waals surface area contributed by atoms with Gasteiger partial charge in [-0.2, -0.15) is 0 Å². The van der Waals surface area contributed by atoms with E-state index in [9.17, 15) is 9.90 Å². The molecule has 2 aromatic carbocycles. The molecule has 0 aromatic heterocycles. The number of aliphatic hydroxyl groups is 1. The quantitative estimate of drug-likeness (QED) is 0.780. The van der Waals surface area contributed by atoms with Crippen molar-refractivity contribution in [1.29, 1.82) is 0 Å². The predicted octanol–water partition coefficient (Wildman–Crippen LogP) is 4.23. The van der Waals surface area contributed by atoms with Gasteiger partial charge < -0.3 is 15.2 Å². The Kier molecular flexibility index (Phi) is 7.45. The fraction of sp³-hybridized carbons (Fsp3) is 0.348. The lowest BCUT2D eigenvalue weighted by atomic mass is 10.0. The van der Waals surface area contributed by atoms with E-state index >= 15 is 0 Å². The second-order valence-electron chi connectivity index (χ2n) is 7.41. The van der Waals surface area contributed by atoms with Crippen LogP contribution in [-0.2, 0) is 11.2 Å². The number of aliphatic hydroxyl groups excluding tert-OH is 1. The summed E-state index contributed by atoms with van der Waals surface area (Å²) in [5, 5.41) is 13.1. The summed E-state index contributed by atoms with van der Waals surface area (Å²) in [6.07, 6.45) is -0.165. The number of benzene rings is 2. The maximum Gasteiger partial charge on any atom is 0.407 e.